The SMILES string of the molecule is c1ccc(-c2c(-c3ccccc3)c3cc(-c4ccc(N(c5ccc6c(c5)c5ccccc5n6-c5ccccc5)c5cccc6c5ccc5ccccc56)cc4)ccc3c3ccccc23)cc1. The normalized spacial score (nSPS) is 11.6. The molecule has 0 fully saturated rings. The van der Waals surface area contributed by atoms with E-state index in [1.807, 2.05) is 0 Å². The van der Waals surface area contributed by atoms with E-state index in [1.54, 1.807) is 0 Å². The van der Waals surface area contributed by atoms with E-state index in [0.29, 0.717) is 0 Å². The van der Waals surface area contributed by atoms with E-state index in [1.165, 1.54) is 98.3 Å². The third-order valence-electron chi connectivity index (χ3n) is 13.5. The van der Waals surface area contributed by atoms with Gasteiger partial charge in [0, 0.05) is 33.2 Å². The number of hydrogen-bond donors (Lipinski definition) is 0. The molecule has 0 saturated heterocycles. The number of anilines is 3. The van der Waals surface area contributed by atoms with Crippen LogP contribution in [0, 0.1) is 0 Å². The van der Waals surface area contributed by atoms with E-state index in [9.17, 15) is 0 Å². The zero-order valence-electron chi connectivity index (χ0n) is 36.1. The summed E-state index contributed by atoms with van der Waals surface area (Å²) >= 11 is 0. The average molecular weight is 839 g/mol. The van der Waals surface area contributed by atoms with Crippen molar-refractivity contribution >= 4 is 82.0 Å². The second-order valence-corrected chi connectivity index (χ2v) is 17.2. The van der Waals surface area contributed by atoms with Crippen molar-refractivity contribution in [3.8, 4) is 39.1 Å². The molecule has 0 N–H and O–H groups in total. The van der Waals surface area contributed by atoms with Crippen LogP contribution in [-0.2, 0) is 0 Å². The minimum absolute atomic E-state index is 1.09. The smallest absolute Gasteiger partial charge is 0.0542 e. The minimum atomic E-state index is 1.09. The van der Waals surface area contributed by atoms with Crippen molar-refractivity contribution in [2.75, 3.05) is 4.90 Å². The van der Waals surface area contributed by atoms with Gasteiger partial charge in [0.1, 0.15) is 0 Å². The van der Waals surface area contributed by atoms with Crippen LogP contribution in [0.15, 0.2) is 255 Å². The van der Waals surface area contributed by atoms with Crippen molar-refractivity contribution in [1.29, 1.82) is 0 Å². The maximum absolute atomic E-state index is 2.45. The number of benzene rings is 12. The zero-order valence-corrected chi connectivity index (χ0v) is 36.1. The van der Waals surface area contributed by atoms with Gasteiger partial charge in [0.15, 0.2) is 0 Å². The Bertz CT molecular complexity index is 3960. The molecule has 0 atom stereocenters. The summed E-state index contributed by atoms with van der Waals surface area (Å²) in [7, 11) is 0. The van der Waals surface area contributed by atoms with Crippen LogP contribution in [0.3, 0.4) is 0 Å². The van der Waals surface area contributed by atoms with E-state index < -0.39 is 0 Å². The quantitative estimate of drug-likeness (QED) is 0.145. The highest BCUT2D eigenvalue weighted by molar-refractivity contribution is 6.22. The zero-order chi connectivity index (χ0) is 43.6. The summed E-state index contributed by atoms with van der Waals surface area (Å²) in [6.45, 7) is 0. The molecule has 0 aliphatic heterocycles. The molecule has 0 amide bonds. The highest BCUT2D eigenvalue weighted by atomic mass is 15.1. The molecule has 0 radical (unpaired) electrons. The van der Waals surface area contributed by atoms with Gasteiger partial charge in [0.25, 0.3) is 0 Å². The number of nitrogens with zero attached hydrogens (tertiary/aromatic N) is 2. The highest BCUT2D eigenvalue weighted by Gasteiger charge is 2.21. The van der Waals surface area contributed by atoms with E-state index in [4.69, 9.17) is 0 Å². The predicted octanol–water partition coefficient (Wildman–Crippen LogP) is 17.9. The summed E-state index contributed by atoms with van der Waals surface area (Å²) in [6, 6.07) is 93.3. The largest absolute Gasteiger partial charge is 0.310 e. The average Bonchev–Trinajstić information content (AvgIpc) is 3.73. The fraction of sp³-hybridized carbons (Fsp3) is 0. The van der Waals surface area contributed by atoms with E-state index in [-0.39, 0.29) is 0 Å². The first-order valence-electron chi connectivity index (χ1n) is 22.8. The lowest BCUT2D eigenvalue weighted by atomic mass is 9.84. The van der Waals surface area contributed by atoms with Crippen LogP contribution in [-0.4, -0.2) is 4.57 Å². The fourth-order valence-corrected chi connectivity index (χ4v) is 10.6. The third kappa shape index (κ3) is 6.11. The number of hydrogen-bond acceptors (Lipinski definition) is 1. The van der Waals surface area contributed by atoms with Gasteiger partial charge in [-0.1, -0.05) is 194 Å². The van der Waals surface area contributed by atoms with Crippen molar-refractivity contribution < 1.29 is 0 Å². The summed E-state index contributed by atoms with van der Waals surface area (Å²) in [5, 5.41) is 12.4. The Morgan fingerprint density at radius 2 is 0.788 bits per heavy atom. The molecule has 0 aliphatic rings. The first-order chi connectivity index (χ1) is 32.8. The lowest BCUT2D eigenvalue weighted by Crippen LogP contribution is -2.10. The molecular formula is C64H42N2. The van der Waals surface area contributed by atoms with Crippen molar-refractivity contribution in [3.63, 3.8) is 0 Å². The molecule has 2 nitrogen and oxygen atoms in total. The van der Waals surface area contributed by atoms with Gasteiger partial charge in [-0.15, -0.1) is 0 Å². The van der Waals surface area contributed by atoms with Gasteiger partial charge in [-0.05, 0) is 132 Å². The molecule has 0 spiro atoms. The van der Waals surface area contributed by atoms with Gasteiger partial charge < -0.3 is 9.47 Å². The van der Waals surface area contributed by atoms with Crippen molar-refractivity contribution in [1.82, 2.24) is 4.57 Å². The van der Waals surface area contributed by atoms with Gasteiger partial charge in [0.2, 0.25) is 0 Å². The molecule has 308 valence electrons. The topological polar surface area (TPSA) is 8.17 Å². The number of aromatic nitrogens is 1. The predicted molar refractivity (Wildman–Crippen MR) is 282 cm³/mol. The van der Waals surface area contributed by atoms with Crippen LogP contribution in [0.4, 0.5) is 17.1 Å². The van der Waals surface area contributed by atoms with E-state index in [0.717, 1.165) is 22.7 Å². The second kappa shape index (κ2) is 15.5. The summed E-state index contributed by atoms with van der Waals surface area (Å²) in [5.41, 5.74) is 14.1. The monoisotopic (exact) mass is 838 g/mol. The Hall–Kier alpha value is -8.72. The molecule has 66 heavy (non-hydrogen) atoms. The van der Waals surface area contributed by atoms with E-state index >= 15 is 0 Å². The molecule has 0 bridgehead atoms. The Balaban J connectivity index is 1.01. The number of para-hydroxylation sites is 2. The van der Waals surface area contributed by atoms with Crippen molar-refractivity contribution in [2.45, 2.75) is 0 Å². The Kier molecular flexibility index (Phi) is 8.89. The molecule has 12 aromatic carbocycles. The Morgan fingerprint density at radius 1 is 0.258 bits per heavy atom. The summed E-state index contributed by atoms with van der Waals surface area (Å²) in [4.78, 5) is 2.45. The van der Waals surface area contributed by atoms with Crippen molar-refractivity contribution in [2.24, 2.45) is 0 Å². The molecule has 1 heterocycles. The van der Waals surface area contributed by atoms with Crippen LogP contribution in [0.25, 0.3) is 104 Å². The standard InChI is InChI=1S/C64H42N2/c1-4-18-45(19-5-1)63-57-27-13-12-25-53(57)54-38-34-47(41-59(54)64(63)46-20-6-2-7-21-46)43-31-35-49(36-32-43)65(60-30-16-28-52-51-24-11-10-17-44(51)33-39-56(52)60)50-37-40-62-58(42-50)55-26-14-15-29-61(55)66(62)48-22-8-3-9-23-48/h1-42H. The first kappa shape index (κ1) is 37.8. The number of rotatable bonds is 7. The number of fused-ring (bicyclic) bond motifs is 9. The van der Waals surface area contributed by atoms with Gasteiger partial charge in [-0.3, -0.25) is 0 Å². The van der Waals surface area contributed by atoms with Gasteiger partial charge >= 0.3 is 0 Å². The van der Waals surface area contributed by atoms with Crippen LogP contribution in [0.2, 0.25) is 0 Å². The van der Waals surface area contributed by atoms with Gasteiger partial charge in [0.05, 0.1) is 16.7 Å². The molecule has 1 aromatic heterocycles. The molecule has 0 aliphatic carbocycles. The van der Waals surface area contributed by atoms with Crippen LogP contribution in [0.5, 0.6) is 0 Å². The Morgan fingerprint density at radius 3 is 1.55 bits per heavy atom. The molecule has 2 heteroatoms. The van der Waals surface area contributed by atoms with Crippen LogP contribution < -0.4 is 4.90 Å². The maximum Gasteiger partial charge on any atom is 0.0542 e. The molecule has 0 unspecified atom stereocenters. The second-order valence-electron chi connectivity index (χ2n) is 17.2. The third-order valence-corrected chi connectivity index (χ3v) is 13.5. The summed E-state index contributed by atoms with van der Waals surface area (Å²) < 4.78 is 2.38. The highest BCUT2D eigenvalue weighted by Crippen LogP contribution is 2.47. The summed E-state index contributed by atoms with van der Waals surface area (Å²) in [6.07, 6.45) is 0. The minimum Gasteiger partial charge on any atom is -0.310 e. The first-order valence-corrected chi connectivity index (χ1v) is 22.8. The molecule has 0 saturated carbocycles. The molecule has 13 rings (SSSR count). The lowest BCUT2D eigenvalue weighted by molar-refractivity contribution is 1.18. The van der Waals surface area contributed by atoms with Gasteiger partial charge in [-0.2, -0.15) is 0 Å². The van der Waals surface area contributed by atoms with Crippen LogP contribution in [0.1, 0.15) is 0 Å². The van der Waals surface area contributed by atoms with Crippen LogP contribution >= 0.6 is 0 Å². The summed E-state index contributed by atoms with van der Waals surface area (Å²) in [5.74, 6) is 0. The fourth-order valence-electron chi connectivity index (χ4n) is 10.6. The maximum atomic E-state index is 2.45. The van der Waals surface area contributed by atoms with E-state index in [2.05, 4.69) is 264 Å². The lowest BCUT2D eigenvalue weighted by Gasteiger charge is -2.27. The molecular weight excluding hydrogens is 797 g/mol. The molecule has 13 aromatic rings. The van der Waals surface area contributed by atoms with Crippen molar-refractivity contribution in [3.05, 3.63) is 255 Å². The van der Waals surface area contributed by atoms with Gasteiger partial charge in [-0.25, -0.2) is 0 Å². The Labute approximate surface area is 383 Å².